The Balaban J connectivity index is 0.000000128. The molecule has 15 aromatic rings. The molecule has 20 rings (SSSR count). The molecule has 5 aromatic heterocycles. The number of alkyl halides is 6. The molecule has 5 heterocycles. The van der Waals surface area contributed by atoms with Crippen molar-refractivity contribution in [2.24, 2.45) is 0 Å². The van der Waals surface area contributed by atoms with Crippen molar-refractivity contribution in [1.82, 2.24) is 24.9 Å². The molecule has 0 atom stereocenters. The summed E-state index contributed by atoms with van der Waals surface area (Å²) in [5.74, 6) is -1.04. The van der Waals surface area contributed by atoms with Gasteiger partial charge in [-0.1, -0.05) is 103 Å². The smallest absolute Gasteiger partial charge is 0.417 e. The van der Waals surface area contributed by atoms with Gasteiger partial charge in [0.15, 0.2) is 0 Å². The van der Waals surface area contributed by atoms with Crippen molar-refractivity contribution < 1.29 is 78.4 Å². The number of thioether (sulfide) groups is 5. The number of pyridine rings is 5. The third-order valence-corrected chi connectivity index (χ3v) is 33.7. The maximum absolute atomic E-state index is 14.2. The zero-order chi connectivity index (χ0) is 101. The SMILES string of the molecule is CCOC(=O)C1(Sc2ccnc3ccc(-c4ccc(C#N)cc4)cc23)CCC1.CCOC(=O)C1(Sc2ccnc3ccc(-c4ccc(C(F)(F)F)cc4)cc23)CCC1.CCOC(=O)C1(Sc2ccnc3ccc(-c4cccc(C#N)c4)cc23)CCC1.CCOC(=O)C1(Sc2ccnc3ccc(-c4ccccc4C(F)(F)F)cc23)CCC1.CCOC(=O)C1(Sc2ccnc3ccc(-c4ccccc4F)cc23)CCC1. The van der Waals surface area contributed by atoms with Crippen molar-refractivity contribution in [3.8, 4) is 67.8 Å². The van der Waals surface area contributed by atoms with Crippen LogP contribution < -0.4 is 0 Å². The third-order valence-electron chi connectivity index (χ3n) is 26.0. The lowest BCUT2D eigenvalue weighted by molar-refractivity contribution is -0.149. The zero-order valence-corrected chi connectivity index (χ0v) is 83.1. The fourth-order valence-corrected chi connectivity index (χ4v) is 24.8. The van der Waals surface area contributed by atoms with Gasteiger partial charge in [0.25, 0.3) is 0 Å². The molecular formula is C114H100F7N7O10S5. The van der Waals surface area contributed by atoms with Crippen LogP contribution in [-0.4, -0.2) is 112 Å². The summed E-state index contributed by atoms with van der Waals surface area (Å²) in [7, 11) is 0. The first kappa shape index (κ1) is 103. The van der Waals surface area contributed by atoms with Gasteiger partial charge in [0.1, 0.15) is 29.6 Å². The highest BCUT2D eigenvalue weighted by atomic mass is 32.2. The van der Waals surface area contributed by atoms with Gasteiger partial charge in [-0.15, -0.1) is 58.8 Å². The van der Waals surface area contributed by atoms with Gasteiger partial charge in [-0.2, -0.15) is 36.9 Å². The summed E-state index contributed by atoms with van der Waals surface area (Å²) in [5.41, 5.74) is 11.5. The lowest BCUT2D eigenvalue weighted by atomic mass is 9.84. The molecule has 0 N–H and O–H groups in total. The van der Waals surface area contributed by atoms with E-state index in [1.807, 2.05) is 160 Å². The average molecular weight is 2020 g/mol. The molecule has 5 aliphatic rings. The molecule has 143 heavy (non-hydrogen) atoms. The van der Waals surface area contributed by atoms with E-state index in [4.69, 9.17) is 28.9 Å². The van der Waals surface area contributed by atoms with E-state index in [2.05, 4.69) is 49.2 Å². The fourth-order valence-electron chi connectivity index (χ4n) is 17.6. The third kappa shape index (κ3) is 23.1. The van der Waals surface area contributed by atoms with E-state index < -0.39 is 47.2 Å². The number of halogens is 7. The molecule has 0 saturated heterocycles. The molecule has 29 heteroatoms. The van der Waals surface area contributed by atoms with E-state index >= 15 is 0 Å². The minimum Gasteiger partial charge on any atom is -0.465 e. The molecule has 0 bridgehead atoms. The molecule has 10 aromatic carbocycles. The Morgan fingerprint density at radius 2 is 0.573 bits per heavy atom. The number of aromatic nitrogens is 5. The number of ether oxygens (including phenoxy) is 5. The lowest BCUT2D eigenvalue weighted by Crippen LogP contribution is -2.43. The molecule has 0 spiro atoms. The van der Waals surface area contributed by atoms with E-state index in [1.165, 1.54) is 53.9 Å². The van der Waals surface area contributed by atoms with Crippen molar-refractivity contribution in [3.63, 3.8) is 0 Å². The second-order valence-electron chi connectivity index (χ2n) is 35.0. The zero-order valence-electron chi connectivity index (χ0n) is 79.0. The Hall–Kier alpha value is -13.2. The minimum absolute atomic E-state index is 0.112. The van der Waals surface area contributed by atoms with Crippen LogP contribution in [0, 0.1) is 28.5 Å². The van der Waals surface area contributed by atoms with Gasteiger partial charge >= 0.3 is 42.2 Å². The van der Waals surface area contributed by atoms with Crippen molar-refractivity contribution >= 4 is 143 Å². The van der Waals surface area contributed by atoms with Gasteiger partial charge < -0.3 is 23.7 Å². The first-order chi connectivity index (χ1) is 69.1. The molecule has 0 aliphatic heterocycles. The Labute approximate surface area is 845 Å². The van der Waals surface area contributed by atoms with Crippen molar-refractivity contribution in [1.29, 1.82) is 10.5 Å². The molecule has 17 nitrogen and oxygen atoms in total. The first-order valence-corrected chi connectivity index (χ1v) is 51.5. The monoisotopic (exact) mass is 2020 g/mol. The Morgan fingerprint density at radius 1 is 0.301 bits per heavy atom. The second kappa shape index (κ2) is 45.2. The fraction of sp³-hybridized carbons (Fsp3) is 0.281. The van der Waals surface area contributed by atoms with Crippen LogP contribution in [0.1, 0.15) is 153 Å². The molecule has 0 amide bonds. The molecule has 730 valence electrons. The highest BCUT2D eigenvalue weighted by molar-refractivity contribution is 8.02. The quantitative estimate of drug-likeness (QED) is 0.0293. The Kier molecular flexibility index (Phi) is 32.5. The number of hydrogen-bond acceptors (Lipinski definition) is 22. The van der Waals surface area contributed by atoms with Crippen LogP contribution in [0.2, 0.25) is 0 Å². The predicted molar refractivity (Wildman–Crippen MR) is 551 cm³/mol. The van der Waals surface area contributed by atoms with Gasteiger partial charge in [0.05, 0.1) is 95.0 Å². The van der Waals surface area contributed by atoms with Gasteiger partial charge in [0, 0.05) is 88.0 Å². The van der Waals surface area contributed by atoms with Crippen LogP contribution in [-0.2, 0) is 60.0 Å². The van der Waals surface area contributed by atoms with E-state index in [-0.39, 0.29) is 41.2 Å². The number of hydrogen-bond donors (Lipinski definition) is 0. The van der Waals surface area contributed by atoms with Gasteiger partial charge in [0.2, 0.25) is 0 Å². The van der Waals surface area contributed by atoms with Gasteiger partial charge in [-0.3, -0.25) is 48.9 Å². The van der Waals surface area contributed by atoms with Crippen LogP contribution in [0.4, 0.5) is 30.7 Å². The van der Waals surface area contributed by atoms with E-state index in [0.717, 1.165) is 221 Å². The summed E-state index contributed by atoms with van der Waals surface area (Å²) in [6.45, 7) is 11.0. The van der Waals surface area contributed by atoms with E-state index in [9.17, 15) is 60.0 Å². The Bertz CT molecular complexity index is 7330. The molecular weight excluding hydrogens is 1920 g/mol. The number of esters is 5. The maximum Gasteiger partial charge on any atom is 0.417 e. The molecule has 5 fully saturated rings. The van der Waals surface area contributed by atoms with Crippen molar-refractivity contribution in [3.05, 3.63) is 302 Å². The number of rotatable bonds is 25. The largest absolute Gasteiger partial charge is 0.465 e. The minimum atomic E-state index is -4.45. The highest BCUT2D eigenvalue weighted by Crippen LogP contribution is 2.56. The second-order valence-corrected chi connectivity index (χ2v) is 42.2. The lowest BCUT2D eigenvalue weighted by Gasteiger charge is -2.38. The van der Waals surface area contributed by atoms with Crippen molar-refractivity contribution in [2.75, 3.05) is 33.0 Å². The number of benzene rings is 10. The van der Waals surface area contributed by atoms with E-state index in [0.29, 0.717) is 66.4 Å². The summed E-state index contributed by atoms with van der Waals surface area (Å²) in [4.78, 5) is 89.7. The van der Waals surface area contributed by atoms with Crippen molar-refractivity contribution in [2.45, 2.75) is 191 Å². The standard InChI is InChI=1S/2C23H20F3NO2S.2C23H20N2O2S.C22H20FNO2S/c1-2-29-21(28)22(11-3-12-22)30-20-10-13-27-19-9-6-16(14-18(19)20)15-4-7-17(8-5-15)23(24,25)26;1-2-29-21(28)22(11-5-12-22)30-20-10-13-27-19-9-8-15(14-17(19)20)16-6-3-4-7-18(16)23(24,25)26;1-2-27-22(26)23(11-3-12-23)28-21-10-13-25-20-9-8-18(14-19(20)21)17-6-4-16(15-24)5-7-17;1-2-27-22(26)23(10-4-11-23)28-21-9-12-25-20-8-7-18(14-19(20)21)17-6-3-5-16(13-17)15-24;1-2-26-21(25)22(11-5-12-22)27-20-10-13-24-19-9-8-15(14-17(19)20)16-6-3-4-7-18(16)23/h4-10,13-14H,2-3,11-12H2,1H3;3-4,6-10,13-14H,2,5,11-12H2,1H3;4-10,13-14H,2-3,11-12H2,1H3;3,5-9,12-14H,2,4,10-11H2,1H3;3-4,6-10,13-14H,2,5,11-12H2,1H3. The van der Waals surface area contributed by atoms with Crippen LogP contribution in [0.3, 0.4) is 0 Å². The number of fused-ring (bicyclic) bond motifs is 5. The molecule has 5 aliphatic carbocycles. The molecule has 0 radical (unpaired) electrons. The molecule has 0 unspecified atom stereocenters. The number of nitrogens with zero attached hydrogens (tertiary/aromatic N) is 7. The number of carbonyl (C=O) groups is 5. The number of nitriles is 2. The highest BCUT2D eigenvalue weighted by Gasteiger charge is 2.52. The Morgan fingerprint density at radius 3 is 0.867 bits per heavy atom. The average Bonchev–Trinajstić information content (AvgIpc) is 0.843. The predicted octanol–water partition coefficient (Wildman–Crippen LogP) is 29.3. The van der Waals surface area contributed by atoms with Crippen LogP contribution in [0.5, 0.6) is 0 Å². The normalized spacial score (nSPS) is 15.3. The summed E-state index contributed by atoms with van der Waals surface area (Å²) in [6, 6.07) is 75.1. The van der Waals surface area contributed by atoms with Crippen LogP contribution in [0.15, 0.2) is 298 Å². The van der Waals surface area contributed by atoms with Gasteiger partial charge in [-0.25, -0.2) is 4.39 Å². The van der Waals surface area contributed by atoms with Crippen LogP contribution >= 0.6 is 58.8 Å². The van der Waals surface area contributed by atoms with Crippen LogP contribution in [0.25, 0.3) is 110 Å². The topological polar surface area (TPSA) is 244 Å². The summed E-state index contributed by atoms with van der Waals surface area (Å²) >= 11 is 7.70. The molecule has 5 saturated carbocycles. The maximum atomic E-state index is 14.2. The summed E-state index contributed by atoms with van der Waals surface area (Å²) in [5, 5.41) is 22.8. The summed E-state index contributed by atoms with van der Waals surface area (Å²) < 4.78 is 117. The van der Waals surface area contributed by atoms with Gasteiger partial charge in [-0.05, 0) is 321 Å². The number of carbonyl (C=O) groups excluding carboxylic acids is 5. The first-order valence-electron chi connectivity index (χ1n) is 47.4. The van der Waals surface area contributed by atoms with E-state index in [1.54, 1.807) is 123 Å². The summed E-state index contributed by atoms with van der Waals surface area (Å²) in [6.07, 6.45) is 12.9.